The highest BCUT2D eigenvalue weighted by Gasteiger charge is 2.50. The van der Waals surface area contributed by atoms with Crippen LogP contribution in [0.15, 0.2) is 231 Å². The van der Waals surface area contributed by atoms with Gasteiger partial charge in [0.15, 0.2) is 0 Å². The van der Waals surface area contributed by atoms with Gasteiger partial charge >= 0.3 is 0 Å². The second-order valence-electron chi connectivity index (χ2n) is 25.1. The van der Waals surface area contributed by atoms with Crippen molar-refractivity contribution in [2.45, 2.75) is 82.0 Å². The van der Waals surface area contributed by atoms with Crippen LogP contribution in [0.2, 0.25) is 0 Å². The highest BCUT2D eigenvalue weighted by Crippen LogP contribution is 2.55. The Bertz CT molecular complexity index is 4160. The first-order valence-corrected chi connectivity index (χ1v) is 30.7. The standard InChI is InChI=1S/C79H61B2N/c1-48-40-69-79-70(41-48)81(74-65(53-28-16-6-17-29-53)44-60(50-22-10-3-11-23-50)45-66(74)54-30-18-7-19-31-54)76-72-58-38-34-56(35-39-58)62(72)47-68-67-46-61-55-32-36-57(37-33-55)71(61)75(77(67)82(79)78(68)76)80(69)73-63(51-24-12-4-13-25-51)42-59(49-20-8-2-9-21-49)43-64(73)52-26-14-5-15-27-52/h2-31,40-47,55-58H,32-39H2,1H3. The number of aromatic nitrogens is 1. The molecule has 0 spiro atoms. The van der Waals surface area contributed by atoms with Crippen LogP contribution in [-0.2, 0) is 0 Å². The van der Waals surface area contributed by atoms with Crippen molar-refractivity contribution in [3.63, 3.8) is 0 Å². The topological polar surface area (TPSA) is 4.93 Å². The molecule has 0 saturated heterocycles. The minimum absolute atomic E-state index is 0.0480. The molecule has 388 valence electrons. The molecule has 2 fully saturated rings. The summed E-state index contributed by atoms with van der Waals surface area (Å²) in [6.45, 7) is 2.33. The molecule has 0 N–H and O–H groups in total. The molecule has 6 aliphatic carbocycles. The monoisotopic (exact) mass is 1050 g/mol. The predicted octanol–water partition coefficient (Wildman–Crippen LogP) is 16.3. The fourth-order valence-corrected chi connectivity index (χ4v) is 17.6. The van der Waals surface area contributed by atoms with Crippen LogP contribution in [-0.4, -0.2) is 18.0 Å². The van der Waals surface area contributed by atoms with E-state index in [2.05, 4.69) is 242 Å². The summed E-state index contributed by atoms with van der Waals surface area (Å²) in [6.07, 6.45) is 10.2. The van der Waals surface area contributed by atoms with E-state index in [1.54, 1.807) is 33.2 Å². The maximum atomic E-state index is 2.93. The van der Waals surface area contributed by atoms with E-state index < -0.39 is 0 Å². The third-order valence-corrected chi connectivity index (χ3v) is 20.9. The summed E-state index contributed by atoms with van der Waals surface area (Å²) in [5, 5.41) is 2.97. The Hall–Kier alpha value is -8.65. The number of aryl methyl sites for hydroxylation is 1. The Morgan fingerprint density at radius 3 is 0.915 bits per heavy atom. The van der Waals surface area contributed by atoms with Crippen LogP contribution in [0.5, 0.6) is 0 Å². The molecular weight excluding hydrogens is 984 g/mol. The van der Waals surface area contributed by atoms with Crippen molar-refractivity contribution in [3.8, 4) is 72.4 Å². The summed E-state index contributed by atoms with van der Waals surface area (Å²) in [4.78, 5) is 0. The fourth-order valence-electron chi connectivity index (χ4n) is 17.6. The number of fused-ring (bicyclic) bond motifs is 5. The fraction of sp³-hybridized carbons (Fsp3) is 0.165. The molecular formula is C79H61B2N. The molecule has 0 radical (unpaired) electrons. The lowest BCUT2D eigenvalue weighted by Crippen LogP contribution is -2.65. The van der Waals surface area contributed by atoms with Gasteiger partial charge in [-0.05, 0) is 229 Å². The van der Waals surface area contributed by atoms with E-state index in [0.29, 0.717) is 23.7 Å². The van der Waals surface area contributed by atoms with Gasteiger partial charge in [-0.15, -0.1) is 0 Å². The minimum Gasteiger partial charge on any atom is -0.311 e. The molecule has 82 heavy (non-hydrogen) atoms. The van der Waals surface area contributed by atoms with Gasteiger partial charge in [0, 0.05) is 27.5 Å². The maximum absolute atomic E-state index is 2.93. The van der Waals surface area contributed by atoms with E-state index in [9.17, 15) is 0 Å². The molecule has 20 rings (SSSR count). The van der Waals surface area contributed by atoms with Gasteiger partial charge in [0.05, 0.1) is 0 Å². The van der Waals surface area contributed by atoms with Crippen molar-refractivity contribution in [2.24, 2.45) is 0 Å². The normalized spacial score (nSPS) is 18.6. The summed E-state index contributed by atoms with van der Waals surface area (Å²) in [5.41, 5.74) is 36.7. The number of hydrogen-bond donors (Lipinski definition) is 0. The molecule has 2 aliphatic heterocycles. The van der Waals surface area contributed by atoms with Crippen LogP contribution in [0.4, 0.5) is 0 Å². The molecule has 1 nitrogen and oxygen atoms in total. The van der Waals surface area contributed by atoms with Crippen molar-refractivity contribution in [2.75, 3.05) is 0 Å². The Morgan fingerprint density at radius 1 is 0.305 bits per heavy atom. The number of rotatable bonds is 8. The van der Waals surface area contributed by atoms with E-state index in [4.69, 9.17) is 0 Å². The largest absolute Gasteiger partial charge is 0.311 e. The Kier molecular flexibility index (Phi) is 10.4. The van der Waals surface area contributed by atoms with Gasteiger partial charge in [0.25, 0.3) is 0 Å². The molecule has 3 heterocycles. The summed E-state index contributed by atoms with van der Waals surface area (Å²) in [5.74, 6) is 2.22. The van der Waals surface area contributed by atoms with Gasteiger partial charge in [0.1, 0.15) is 0 Å². The van der Waals surface area contributed by atoms with Gasteiger partial charge in [-0.25, -0.2) is 0 Å². The van der Waals surface area contributed by atoms with Crippen LogP contribution in [0, 0.1) is 6.92 Å². The van der Waals surface area contributed by atoms with Crippen LogP contribution in [0.1, 0.15) is 103 Å². The highest BCUT2D eigenvalue weighted by molar-refractivity contribution is 7.03. The van der Waals surface area contributed by atoms with Gasteiger partial charge in [-0.3, -0.25) is 0 Å². The molecule has 0 atom stereocenters. The van der Waals surface area contributed by atoms with Crippen LogP contribution >= 0.6 is 0 Å². The van der Waals surface area contributed by atoms with Crippen LogP contribution in [0.25, 0.3) is 94.3 Å². The Labute approximate surface area is 482 Å². The second kappa shape index (κ2) is 18.2. The summed E-state index contributed by atoms with van der Waals surface area (Å²) < 4.78 is 2.93. The van der Waals surface area contributed by atoms with Gasteiger partial charge in [0.2, 0.25) is 13.4 Å². The summed E-state index contributed by atoms with van der Waals surface area (Å²) in [6, 6.07) is 89.3. The average molecular weight is 1050 g/mol. The van der Waals surface area contributed by atoms with E-state index in [1.165, 1.54) is 173 Å². The molecule has 8 aliphatic rings. The lowest BCUT2D eigenvalue weighted by Gasteiger charge is -2.44. The predicted molar refractivity (Wildman–Crippen MR) is 348 cm³/mol. The quantitative estimate of drug-likeness (QED) is 0.134. The summed E-state index contributed by atoms with van der Waals surface area (Å²) in [7, 11) is 0. The van der Waals surface area contributed by atoms with Crippen LogP contribution in [0.3, 0.4) is 0 Å². The summed E-state index contributed by atoms with van der Waals surface area (Å²) >= 11 is 0. The molecule has 3 heteroatoms. The number of hydrogen-bond acceptors (Lipinski definition) is 0. The van der Waals surface area contributed by atoms with Crippen molar-refractivity contribution in [1.29, 1.82) is 0 Å². The highest BCUT2D eigenvalue weighted by atomic mass is 15.0. The minimum atomic E-state index is -0.0480. The smallest absolute Gasteiger partial charge is 0.248 e. The molecule has 11 aromatic carbocycles. The SMILES string of the molecule is Cc1cc2c3c(c1)B(c1c(-c4ccccc4)cc(-c4ccccc4)cc1-c1ccccc1)c1c4c(cc5c6cc7c(c(c6n-3c15)B2c1c(-c2ccccc2)cc(-c2ccccc2)cc1-c1ccccc1)C1CCC7CC1)C1CCC4CC1. The van der Waals surface area contributed by atoms with Crippen molar-refractivity contribution in [3.05, 3.63) is 258 Å². The zero-order valence-electron chi connectivity index (χ0n) is 46.5. The molecule has 12 aromatic rings. The number of benzene rings is 11. The van der Waals surface area contributed by atoms with E-state index in [-0.39, 0.29) is 13.4 Å². The molecule has 0 unspecified atom stereocenters. The van der Waals surface area contributed by atoms with Gasteiger partial charge in [-0.2, -0.15) is 0 Å². The first-order valence-electron chi connectivity index (χ1n) is 30.7. The third kappa shape index (κ3) is 6.83. The molecule has 0 amide bonds. The third-order valence-electron chi connectivity index (χ3n) is 20.9. The van der Waals surface area contributed by atoms with E-state index in [1.807, 2.05) is 0 Å². The van der Waals surface area contributed by atoms with Gasteiger partial charge in [-0.1, -0.05) is 211 Å². The maximum Gasteiger partial charge on any atom is 0.248 e. The van der Waals surface area contributed by atoms with Crippen molar-refractivity contribution < 1.29 is 0 Å². The Balaban J connectivity index is 1.06. The Morgan fingerprint density at radius 2 is 0.598 bits per heavy atom. The molecule has 4 bridgehead atoms. The van der Waals surface area contributed by atoms with E-state index >= 15 is 0 Å². The van der Waals surface area contributed by atoms with Crippen LogP contribution < -0.4 is 32.8 Å². The zero-order valence-corrected chi connectivity index (χ0v) is 46.5. The first kappa shape index (κ1) is 47.0. The van der Waals surface area contributed by atoms with E-state index in [0.717, 1.165) is 0 Å². The molecule has 1 aromatic heterocycles. The second-order valence-corrected chi connectivity index (χ2v) is 25.1. The lowest BCUT2D eigenvalue weighted by molar-refractivity contribution is 0.360. The van der Waals surface area contributed by atoms with Gasteiger partial charge < -0.3 is 4.57 Å². The number of nitrogens with zero attached hydrogens (tertiary/aromatic N) is 1. The van der Waals surface area contributed by atoms with Crippen molar-refractivity contribution in [1.82, 2.24) is 4.57 Å². The molecule has 2 saturated carbocycles. The average Bonchev–Trinajstić information content (AvgIpc) is 1.57. The van der Waals surface area contributed by atoms with Crippen molar-refractivity contribution >= 4 is 68.0 Å². The first-order chi connectivity index (χ1) is 40.6. The lowest BCUT2D eigenvalue weighted by atomic mass is 9.28. The zero-order chi connectivity index (χ0) is 53.7.